The van der Waals surface area contributed by atoms with Crippen LogP contribution in [0, 0.1) is 11.6 Å². The van der Waals surface area contributed by atoms with Gasteiger partial charge in [0.2, 0.25) is 0 Å². The summed E-state index contributed by atoms with van der Waals surface area (Å²) < 4.78 is 29.5. The molecule has 186 valence electrons. The average molecular weight is 512 g/mol. The third-order valence-corrected chi connectivity index (χ3v) is 5.88. The lowest BCUT2D eigenvalue weighted by Crippen LogP contribution is -2.43. The summed E-state index contributed by atoms with van der Waals surface area (Å²) in [5, 5.41) is 18.9. The number of halogens is 3. The monoisotopic (exact) mass is 511 g/mol. The number of carbonyl (C=O) groups is 1. The van der Waals surface area contributed by atoms with Gasteiger partial charge in [0.1, 0.15) is 29.9 Å². The summed E-state index contributed by atoms with van der Waals surface area (Å²) in [6.07, 6.45) is 2.74. The predicted octanol–water partition coefficient (Wildman–Crippen LogP) is 4.48. The second-order valence-electron chi connectivity index (χ2n) is 8.58. The van der Waals surface area contributed by atoms with E-state index in [4.69, 9.17) is 11.6 Å². The number of benzene rings is 3. The van der Waals surface area contributed by atoms with E-state index in [0.717, 1.165) is 17.7 Å². The third kappa shape index (κ3) is 6.31. The number of aromatic nitrogens is 3. The number of nitrogens with zero attached hydrogens (tertiary/aromatic N) is 4. The number of aliphatic hydroxyl groups is 1. The Labute approximate surface area is 212 Å². The standard InChI is InChI=1S/C26H24ClF2N5O2/c1-33(13-18-2-9-22(10-3-18)32-25(35)19-4-6-20(27)7-5-19)14-26(36,15-34-17-30-16-31-34)23-11-8-21(28)12-24(23)29/h2-12,16-17,36H,13-15H2,1H3,(H,32,35). The highest BCUT2D eigenvalue weighted by molar-refractivity contribution is 6.30. The zero-order valence-electron chi connectivity index (χ0n) is 19.4. The molecule has 3 aromatic carbocycles. The third-order valence-electron chi connectivity index (χ3n) is 5.62. The molecule has 7 nitrogen and oxygen atoms in total. The van der Waals surface area contributed by atoms with Crippen molar-refractivity contribution in [3.8, 4) is 0 Å². The Hall–Kier alpha value is -3.66. The molecule has 1 unspecified atom stereocenters. The second-order valence-corrected chi connectivity index (χ2v) is 9.02. The minimum absolute atomic E-state index is 0.0322. The van der Waals surface area contributed by atoms with Crippen LogP contribution in [0.5, 0.6) is 0 Å². The van der Waals surface area contributed by atoms with E-state index < -0.39 is 17.2 Å². The van der Waals surface area contributed by atoms with Gasteiger partial charge in [0.25, 0.3) is 5.91 Å². The highest BCUT2D eigenvalue weighted by Gasteiger charge is 2.34. The smallest absolute Gasteiger partial charge is 0.255 e. The van der Waals surface area contributed by atoms with E-state index in [1.165, 1.54) is 23.4 Å². The number of anilines is 1. The summed E-state index contributed by atoms with van der Waals surface area (Å²) >= 11 is 5.87. The molecule has 0 saturated carbocycles. The van der Waals surface area contributed by atoms with Crippen LogP contribution in [0.15, 0.2) is 79.4 Å². The van der Waals surface area contributed by atoms with Crippen molar-refractivity contribution in [1.82, 2.24) is 19.7 Å². The number of hydrogen-bond acceptors (Lipinski definition) is 5. The quantitative estimate of drug-likeness (QED) is 0.346. The molecule has 0 fully saturated rings. The first-order valence-corrected chi connectivity index (χ1v) is 11.4. The summed E-state index contributed by atoms with van der Waals surface area (Å²) in [7, 11) is 1.78. The van der Waals surface area contributed by atoms with Crippen molar-refractivity contribution in [3.05, 3.63) is 113 Å². The summed E-state index contributed by atoms with van der Waals surface area (Å²) in [5.74, 6) is -1.82. The molecule has 4 rings (SSSR count). The minimum atomic E-state index is -1.70. The Kier molecular flexibility index (Phi) is 7.73. The first-order chi connectivity index (χ1) is 17.2. The largest absolute Gasteiger partial charge is 0.382 e. The van der Waals surface area contributed by atoms with Crippen molar-refractivity contribution >= 4 is 23.2 Å². The number of likely N-dealkylation sites (N-methyl/N-ethyl adjacent to an activating group) is 1. The lowest BCUT2D eigenvalue weighted by molar-refractivity contribution is -0.0175. The van der Waals surface area contributed by atoms with Gasteiger partial charge in [0.05, 0.1) is 6.54 Å². The molecular formula is C26H24ClF2N5O2. The van der Waals surface area contributed by atoms with Gasteiger partial charge in [-0.2, -0.15) is 5.10 Å². The molecule has 0 spiro atoms. The van der Waals surface area contributed by atoms with Crippen molar-refractivity contribution in [1.29, 1.82) is 0 Å². The highest BCUT2D eigenvalue weighted by atomic mass is 35.5. The number of amides is 1. The fraction of sp³-hybridized carbons (Fsp3) is 0.192. The van der Waals surface area contributed by atoms with E-state index >= 15 is 0 Å². The van der Waals surface area contributed by atoms with E-state index in [0.29, 0.717) is 22.8 Å². The van der Waals surface area contributed by atoms with Crippen molar-refractivity contribution in [2.24, 2.45) is 0 Å². The van der Waals surface area contributed by atoms with Crippen LogP contribution in [0.25, 0.3) is 0 Å². The number of nitrogens with one attached hydrogen (secondary N) is 1. The SMILES string of the molecule is CN(Cc1ccc(NC(=O)c2ccc(Cl)cc2)cc1)CC(O)(Cn1cncn1)c1ccc(F)cc1F. The van der Waals surface area contributed by atoms with E-state index in [1.807, 2.05) is 17.0 Å². The van der Waals surface area contributed by atoms with Crippen LogP contribution in [-0.4, -0.2) is 44.3 Å². The van der Waals surface area contributed by atoms with Crippen molar-refractivity contribution in [3.63, 3.8) is 0 Å². The molecule has 1 atom stereocenters. The maximum atomic E-state index is 14.6. The maximum Gasteiger partial charge on any atom is 0.255 e. The molecule has 36 heavy (non-hydrogen) atoms. The Bertz CT molecular complexity index is 1320. The molecule has 0 bridgehead atoms. The summed E-state index contributed by atoms with van der Waals surface area (Å²) in [5.41, 5.74) is 0.281. The Morgan fingerprint density at radius 3 is 2.47 bits per heavy atom. The lowest BCUT2D eigenvalue weighted by Gasteiger charge is -2.33. The van der Waals surface area contributed by atoms with Crippen LogP contribution in [-0.2, 0) is 18.7 Å². The van der Waals surface area contributed by atoms with Crippen LogP contribution in [0.3, 0.4) is 0 Å². The topological polar surface area (TPSA) is 83.3 Å². The molecule has 0 radical (unpaired) electrons. The zero-order chi connectivity index (χ0) is 25.7. The van der Waals surface area contributed by atoms with Gasteiger partial charge in [-0.1, -0.05) is 29.8 Å². The molecule has 0 saturated heterocycles. The molecular weight excluding hydrogens is 488 g/mol. The van der Waals surface area contributed by atoms with Crippen molar-refractivity contribution in [2.75, 3.05) is 18.9 Å². The van der Waals surface area contributed by atoms with Gasteiger partial charge in [-0.3, -0.25) is 9.69 Å². The first kappa shape index (κ1) is 25.4. The van der Waals surface area contributed by atoms with Gasteiger partial charge < -0.3 is 10.4 Å². The summed E-state index contributed by atoms with van der Waals surface area (Å²) in [6, 6.07) is 16.9. The minimum Gasteiger partial charge on any atom is -0.382 e. The molecule has 0 aliphatic carbocycles. The Morgan fingerprint density at radius 1 is 1.11 bits per heavy atom. The molecule has 10 heteroatoms. The maximum absolute atomic E-state index is 14.6. The van der Waals surface area contributed by atoms with Gasteiger partial charge in [-0.15, -0.1) is 0 Å². The fourth-order valence-corrected chi connectivity index (χ4v) is 4.11. The van der Waals surface area contributed by atoms with Gasteiger partial charge in [0.15, 0.2) is 0 Å². The molecule has 4 aromatic rings. The predicted molar refractivity (Wildman–Crippen MR) is 132 cm³/mol. The van der Waals surface area contributed by atoms with Gasteiger partial charge in [-0.25, -0.2) is 18.4 Å². The van der Waals surface area contributed by atoms with Gasteiger partial charge >= 0.3 is 0 Å². The molecule has 1 amide bonds. The number of carbonyl (C=O) groups excluding carboxylic acids is 1. The van der Waals surface area contributed by atoms with E-state index in [-0.39, 0.29) is 24.6 Å². The van der Waals surface area contributed by atoms with E-state index in [9.17, 15) is 18.7 Å². The summed E-state index contributed by atoms with van der Waals surface area (Å²) in [4.78, 5) is 18.1. The van der Waals surface area contributed by atoms with E-state index in [1.54, 1.807) is 43.4 Å². The molecule has 0 aliphatic heterocycles. The average Bonchev–Trinajstić information content (AvgIpc) is 3.33. The van der Waals surface area contributed by atoms with Crippen LogP contribution < -0.4 is 5.32 Å². The van der Waals surface area contributed by atoms with Crippen LogP contribution in [0.4, 0.5) is 14.5 Å². The van der Waals surface area contributed by atoms with Gasteiger partial charge in [0, 0.05) is 41.0 Å². The molecule has 0 aliphatic rings. The fourth-order valence-electron chi connectivity index (χ4n) is 3.98. The lowest BCUT2D eigenvalue weighted by atomic mass is 9.92. The van der Waals surface area contributed by atoms with Crippen LogP contribution in [0.1, 0.15) is 21.5 Å². The molecule has 2 N–H and O–H groups in total. The summed E-state index contributed by atoms with van der Waals surface area (Å²) in [6.45, 7) is 0.383. The van der Waals surface area contributed by atoms with Crippen molar-refractivity contribution < 1.29 is 18.7 Å². The Morgan fingerprint density at radius 2 is 1.83 bits per heavy atom. The number of rotatable bonds is 9. The first-order valence-electron chi connectivity index (χ1n) is 11.1. The van der Waals surface area contributed by atoms with Crippen LogP contribution >= 0.6 is 11.6 Å². The highest BCUT2D eigenvalue weighted by Crippen LogP contribution is 2.28. The normalized spacial score (nSPS) is 12.9. The van der Waals surface area contributed by atoms with Crippen molar-refractivity contribution in [2.45, 2.75) is 18.7 Å². The molecule has 1 heterocycles. The van der Waals surface area contributed by atoms with Crippen LogP contribution in [0.2, 0.25) is 5.02 Å². The Balaban J connectivity index is 1.44. The zero-order valence-corrected chi connectivity index (χ0v) is 20.2. The number of hydrogen-bond donors (Lipinski definition) is 2. The second kappa shape index (κ2) is 10.9. The van der Waals surface area contributed by atoms with Gasteiger partial charge in [-0.05, 0) is 55.1 Å². The van der Waals surface area contributed by atoms with E-state index in [2.05, 4.69) is 15.4 Å². The molecule has 1 aromatic heterocycles.